The first-order valence-corrected chi connectivity index (χ1v) is 12.5. The minimum absolute atomic E-state index is 0.00526. The van der Waals surface area contributed by atoms with E-state index in [1.54, 1.807) is 0 Å². The van der Waals surface area contributed by atoms with Crippen molar-refractivity contribution in [3.8, 4) is 17.6 Å². The number of fused-ring (bicyclic) bond motifs is 3. The topological polar surface area (TPSA) is 36.0 Å². The Labute approximate surface area is 207 Å². The van der Waals surface area contributed by atoms with E-state index in [4.69, 9.17) is 16.3 Å². The van der Waals surface area contributed by atoms with Gasteiger partial charge in [-0.2, -0.15) is 0 Å². The van der Waals surface area contributed by atoms with Crippen LogP contribution in [0, 0.1) is 11.8 Å². The second-order valence-corrected chi connectivity index (χ2v) is 10.4. The molecule has 0 unspecified atom stereocenters. The molecule has 34 heavy (non-hydrogen) atoms. The van der Waals surface area contributed by atoms with Gasteiger partial charge in [0.05, 0.1) is 11.6 Å². The highest BCUT2D eigenvalue weighted by Crippen LogP contribution is 2.38. The fourth-order valence-corrected chi connectivity index (χ4v) is 5.72. The summed E-state index contributed by atoms with van der Waals surface area (Å²) in [4.78, 5) is 19.6. The molecule has 5 nitrogen and oxygen atoms in total. The quantitative estimate of drug-likeness (QED) is 0.609. The first kappa shape index (κ1) is 23.2. The van der Waals surface area contributed by atoms with Crippen LogP contribution in [-0.4, -0.2) is 68.1 Å². The van der Waals surface area contributed by atoms with Gasteiger partial charge in [0.15, 0.2) is 0 Å². The molecule has 6 heteroatoms. The normalized spacial score (nSPS) is 24.1. The van der Waals surface area contributed by atoms with Crippen molar-refractivity contribution in [3.63, 3.8) is 0 Å². The van der Waals surface area contributed by atoms with Crippen molar-refractivity contribution in [1.29, 1.82) is 0 Å². The van der Waals surface area contributed by atoms with Crippen LogP contribution < -0.4 is 9.64 Å². The average molecular weight is 478 g/mol. The number of halogens is 1. The Hall–Kier alpha value is -2.52. The first-order valence-electron chi connectivity index (χ1n) is 12.2. The van der Waals surface area contributed by atoms with Crippen LogP contribution in [0.4, 0.5) is 5.69 Å². The molecular weight excluding hydrogens is 446 g/mol. The second kappa shape index (κ2) is 9.62. The summed E-state index contributed by atoms with van der Waals surface area (Å²) in [5.41, 5.74) is 3.56. The Morgan fingerprint density at radius 3 is 2.59 bits per heavy atom. The number of hydrogen-bond donors (Lipinski definition) is 0. The molecule has 2 aromatic rings. The standard InChI is InChI=1S/C28H32ClN3O2/c1-30(2)13-4-5-19-6-10-25-20(15-19)12-14-32(28(25)33)23-9-11-27(26(29)18-23)34-24-16-21-7-8-22(17-24)31(21)3/h6,9-11,15,18,21-22,24H,7-8,12-14,16-17H2,1-3H3/t21-,22+,24+. The molecule has 2 fully saturated rings. The molecule has 2 saturated heterocycles. The summed E-state index contributed by atoms with van der Waals surface area (Å²) in [5.74, 6) is 7.07. The Bertz CT molecular complexity index is 1140. The zero-order valence-corrected chi connectivity index (χ0v) is 20.9. The van der Waals surface area contributed by atoms with Gasteiger partial charge >= 0.3 is 0 Å². The van der Waals surface area contributed by atoms with E-state index >= 15 is 0 Å². The van der Waals surface area contributed by atoms with Gasteiger partial charge in [0, 0.05) is 35.4 Å². The summed E-state index contributed by atoms with van der Waals surface area (Å²) in [5, 5.41) is 0.564. The minimum atomic E-state index is 0.00526. The molecule has 3 atom stereocenters. The summed E-state index contributed by atoms with van der Waals surface area (Å²) in [6, 6.07) is 12.9. The van der Waals surface area contributed by atoms with Crippen LogP contribution in [-0.2, 0) is 6.42 Å². The summed E-state index contributed by atoms with van der Waals surface area (Å²) in [6.45, 7) is 1.33. The number of rotatable bonds is 4. The second-order valence-electron chi connectivity index (χ2n) is 9.99. The number of hydrogen-bond acceptors (Lipinski definition) is 4. The van der Waals surface area contributed by atoms with Gasteiger partial charge in [0.25, 0.3) is 5.91 Å². The maximum atomic E-state index is 13.3. The van der Waals surface area contributed by atoms with Crippen molar-refractivity contribution in [3.05, 3.63) is 58.1 Å². The van der Waals surface area contributed by atoms with Crippen molar-refractivity contribution >= 4 is 23.2 Å². The van der Waals surface area contributed by atoms with Crippen LogP contribution >= 0.6 is 11.6 Å². The van der Waals surface area contributed by atoms with Crippen LogP contribution in [0.1, 0.15) is 47.2 Å². The average Bonchev–Trinajstić information content (AvgIpc) is 3.01. The summed E-state index contributed by atoms with van der Waals surface area (Å²) >= 11 is 6.63. The van der Waals surface area contributed by atoms with Gasteiger partial charge in [0.1, 0.15) is 11.9 Å². The molecule has 3 aliphatic heterocycles. The maximum absolute atomic E-state index is 13.3. The highest BCUT2D eigenvalue weighted by atomic mass is 35.5. The maximum Gasteiger partial charge on any atom is 0.258 e. The third-order valence-electron chi connectivity index (χ3n) is 7.39. The van der Waals surface area contributed by atoms with E-state index in [2.05, 4.69) is 23.8 Å². The largest absolute Gasteiger partial charge is 0.489 e. The predicted molar refractivity (Wildman–Crippen MR) is 137 cm³/mol. The highest BCUT2D eigenvalue weighted by molar-refractivity contribution is 6.32. The van der Waals surface area contributed by atoms with Gasteiger partial charge in [-0.15, -0.1) is 0 Å². The van der Waals surface area contributed by atoms with E-state index in [0.717, 1.165) is 41.6 Å². The molecular formula is C28H32ClN3O2. The molecule has 0 saturated carbocycles. The zero-order valence-electron chi connectivity index (χ0n) is 20.2. The fourth-order valence-electron chi connectivity index (χ4n) is 5.50. The van der Waals surface area contributed by atoms with E-state index in [-0.39, 0.29) is 12.0 Å². The van der Waals surface area contributed by atoms with Crippen molar-refractivity contribution < 1.29 is 9.53 Å². The van der Waals surface area contributed by atoms with E-state index in [1.165, 1.54) is 12.8 Å². The Kier molecular flexibility index (Phi) is 6.57. The number of anilines is 1. The van der Waals surface area contributed by atoms with Gasteiger partial charge in [-0.25, -0.2) is 0 Å². The fraction of sp³-hybridized carbons (Fsp3) is 0.464. The van der Waals surface area contributed by atoms with Crippen LogP contribution in [0.2, 0.25) is 5.02 Å². The van der Waals surface area contributed by atoms with Crippen molar-refractivity contribution in [1.82, 2.24) is 9.80 Å². The summed E-state index contributed by atoms with van der Waals surface area (Å²) < 4.78 is 6.32. The van der Waals surface area contributed by atoms with Crippen LogP contribution in [0.5, 0.6) is 5.75 Å². The molecule has 0 aliphatic carbocycles. The van der Waals surface area contributed by atoms with Crippen molar-refractivity contribution in [2.75, 3.05) is 39.1 Å². The van der Waals surface area contributed by atoms with Crippen LogP contribution in [0.25, 0.3) is 0 Å². The third kappa shape index (κ3) is 4.68. The van der Waals surface area contributed by atoms with E-state index in [0.29, 0.717) is 35.9 Å². The van der Waals surface area contributed by atoms with Crippen LogP contribution in [0.15, 0.2) is 36.4 Å². The van der Waals surface area contributed by atoms with Gasteiger partial charge < -0.3 is 14.5 Å². The molecule has 0 N–H and O–H groups in total. The summed E-state index contributed by atoms with van der Waals surface area (Å²) in [6.07, 6.45) is 5.61. The molecule has 2 bridgehead atoms. The number of carbonyl (C=O) groups is 1. The molecule has 178 valence electrons. The highest BCUT2D eigenvalue weighted by Gasteiger charge is 2.39. The van der Waals surface area contributed by atoms with E-state index < -0.39 is 0 Å². The SMILES string of the molecule is CN(C)CC#Cc1ccc2c(c1)CCN(c1ccc(O[C@H]3C[C@H]4CC[C@@H](C3)N4C)c(Cl)c1)C2=O. The Morgan fingerprint density at radius 2 is 1.88 bits per heavy atom. The zero-order chi connectivity index (χ0) is 23.8. The van der Waals surface area contributed by atoms with Gasteiger partial charge in [0.2, 0.25) is 0 Å². The number of benzene rings is 2. The smallest absolute Gasteiger partial charge is 0.258 e. The molecule has 3 aliphatic rings. The first-order chi connectivity index (χ1) is 16.4. The molecule has 0 spiro atoms. The number of carbonyl (C=O) groups excluding carboxylic acids is 1. The third-order valence-corrected chi connectivity index (χ3v) is 7.68. The lowest BCUT2D eigenvalue weighted by Crippen LogP contribution is -2.43. The lowest BCUT2D eigenvalue weighted by atomic mass is 9.96. The van der Waals surface area contributed by atoms with Crippen LogP contribution in [0.3, 0.4) is 0 Å². The lowest BCUT2D eigenvalue weighted by molar-refractivity contribution is 0.0662. The lowest BCUT2D eigenvalue weighted by Gasteiger charge is -2.36. The molecule has 3 heterocycles. The van der Waals surface area contributed by atoms with Gasteiger partial charge in [-0.1, -0.05) is 23.4 Å². The van der Waals surface area contributed by atoms with Crippen molar-refractivity contribution in [2.45, 2.75) is 50.3 Å². The molecule has 0 radical (unpaired) electrons. The molecule has 0 aromatic heterocycles. The minimum Gasteiger partial charge on any atom is -0.489 e. The van der Waals surface area contributed by atoms with E-state index in [1.807, 2.05) is 60.3 Å². The number of nitrogens with zero attached hydrogens (tertiary/aromatic N) is 3. The monoisotopic (exact) mass is 477 g/mol. The van der Waals surface area contributed by atoms with Gasteiger partial charge in [-0.3, -0.25) is 9.69 Å². The Balaban J connectivity index is 1.28. The molecule has 5 rings (SSSR count). The number of piperidine rings is 1. The predicted octanol–water partition coefficient (Wildman–Crippen LogP) is 4.46. The number of amides is 1. The number of ether oxygens (including phenoxy) is 1. The van der Waals surface area contributed by atoms with E-state index in [9.17, 15) is 4.79 Å². The summed E-state index contributed by atoms with van der Waals surface area (Å²) in [7, 11) is 6.23. The molecule has 1 amide bonds. The Morgan fingerprint density at radius 1 is 1.12 bits per heavy atom. The molecule has 2 aromatic carbocycles. The van der Waals surface area contributed by atoms with Gasteiger partial charge in [-0.05, 0) is 95.2 Å². The van der Waals surface area contributed by atoms with Crippen molar-refractivity contribution in [2.24, 2.45) is 0 Å².